The number of nitrogens with zero attached hydrogens (tertiary/aromatic N) is 4. The quantitative estimate of drug-likeness (QED) is 0.518. The summed E-state index contributed by atoms with van der Waals surface area (Å²) in [6.07, 6.45) is 5.18. The molecule has 1 amide bonds. The molecule has 0 aliphatic carbocycles. The molecule has 1 aromatic rings. The Morgan fingerprint density at radius 1 is 1.43 bits per heavy atom. The molecule has 2 heterocycles. The molecule has 9 nitrogen and oxygen atoms in total. The van der Waals surface area contributed by atoms with Crippen LogP contribution in [0.25, 0.3) is 0 Å². The molecule has 2 unspecified atom stereocenters. The zero-order valence-electron chi connectivity index (χ0n) is 19.3. The van der Waals surface area contributed by atoms with Gasteiger partial charge in [0, 0.05) is 31.9 Å². The van der Waals surface area contributed by atoms with E-state index in [1.165, 1.54) is 0 Å². The first-order chi connectivity index (χ1) is 14.2. The highest BCUT2D eigenvalue weighted by Crippen LogP contribution is 2.21. The number of amides is 1. The topological polar surface area (TPSA) is 93.0 Å². The molecule has 1 aromatic heterocycles. The lowest BCUT2D eigenvalue weighted by molar-refractivity contribution is -0.00805. The minimum absolute atomic E-state index is 0.0392. The third kappa shape index (κ3) is 7.85. The van der Waals surface area contributed by atoms with Crippen LogP contribution in [-0.2, 0) is 16.5 Å². The van der Waals surface area contributed by atoms with Gasteiger partial charge in [0.1, 0.15) is 11.7 Å². The normalized spacial score (nSPS) is 18.8. The van der Waals surface area contributed by atoms with Crippen LogP contribution < -0.4 is 10.6 Å². The van der Waals surface area contributed by atoms with Crippen molar-refractivity contribution in [2.75, 3.05) is 32.8 Å². The van der Waals surface area contributed by atoms with Gasteiger partial charge in [0.25, 0.3) is 0 Å². The number of guanidine groups is 1. The van der Waals surface area contributed by atoms with Crippen LogP contribution in [0.15, 0.2) is 17.4 Å². The standard InChI is InChI=1S/C21H38N6O3/c1-7-9-17(25-20(28)30-21(3,4)5)13-23-19(22-8-2)27-10-11-29-18(15-27)16-12-24-26(6)14-16/h12,14,17-18H,7-11,13,15H2,1-6H3,(H,22,23)(H,25,28). The second kappa shape index (κ2) is 11.2. The molecule has 0 aromatic carbocycles. The van der Waals surface area contributed by atoms with Crippen molar-refractivity contribution >= 4 is 12.1 Å². The third-order valence-electron chi connectivity index (χ3n) is 4.62. The average Bonchev–Trinajstić information content (AvgIpc) is 3.10. The molecule has 9 heteroatoms. The monoisotopic (exact) mass is 422 g/mol. The summed E-state index contributed by atoms with van der Waals surface area (Å²) >= 11 is 0. The van der Waals surface area contributed by atoms with E-state index in [4.69, 9.17) is 14.5 Å². The minimum Gasteiger partial charge on any atom is -0.444 e. The highest BCUT2D eigenvalue weighted by Gasteiger charge is 2.25. The number of carbonyl (C=O) groups is 1. The van der Waals surface area contributed by atoms with Crippen molar-refractivity contribution < 1.29 is 14.3 Å². The second-order valence-corrected chi connectivity index (χ2v) is 8.58. The summed E-state index contributed by atoms with van der Waals surface area (Å²) in [5.41, 5.74) is 0.544. The molecule has 1 fully saturated rings. The Labute approximate surface area is 180 Å². The van der Waals surface area contributed by atoms with Gasteiger partial charge in [-0.2, -0.15) is 5.10 Å². The van der Waals surface area contributed by atoms with Crippen LogP contribution in [-0.4, -0.2) is 71.2 Å². The maximum atomic E-state index is 12.2. The van der Waals surface area contributed by atoms with Crippen molar-refractivity contribution in [2.24, 2.45) is 12.0 Å². The number of rotatable bonds is 7. The van der Waals surface area contributed by atoms with Crippen LogP contribution in [0.4, 0.5) is 4.79 Å². The number of hydrogen-bond acceptors (Lipinski definition) is 5. The number of aliphatic imine (C=N–C) groups is 1. The largest absolute Gasteiger partial charge is 0.444 e. The van der Waals surface area contributed by atoms with E-state index in [1.54, 1.807) is 4.68 Å². The van der Waals surface area contributed by atoms with E-state index < -0.39 is 11.7 Å². The van der Waals surface area contributed by atoms with Crippen LogP contribution in [0.1, 0.15) is 59.1 Å². The van der Waals surface area contributed by atoms with E-state index in [2.05, 4.69) is 34.5 Å². The Morgan fingerprint density at radius 2 is 2.20 bits per heavy atom. The Balaban J connectivity index is 2.03. The number of hydrogen-bond donors (Lipinski definition) is 2. The smallest absolute Gasteiger partial charge is 0.407 e. The Bertz CT molecular complexity index is 697. The molecule has 30 heavy (non-hydrogen) atoms. The zero-order valence-corrected chi connectivity index (χ0v) is 19.3. The van der Waals surface area contributed by atoms with E-state index in [-0.39, 0.29) is 12.1 Å². The number of aromatic nitrogens is 2. The molecule has 1 saturated heterocycles. The molecular weight excluding hydrogens is 384 g/mol. The fourth-order valence-electron chi connectivity index (χ4n) is 3.30. The van der Waals surface area contributed by atoms with Crippen molar-refractivity contribution in [3.8, 4) is 0 Å². The van der Waals surface area contributed by atoms with Gasteiger partial charge < -0.3 is 25.0 Å². The number of morpholine rings is 1. The summed E-state index contributed by atoms with van der Waals surface area (Å²) in [5, 5.41) is 10.6. The third-order valence-corrected chi connectivity index (χ3v) is 4.62. The molecule has 170 valence electrons. The van der Waals surface area contributed by atoms with Gasteiger partial charge in [-0.15, -0.1) is 0 Å². The lowest BCUT2D eigenvalue weighted by Gasteiger charge is -2.35. The molecule has 0 radical (unpaired) electrons. The summed E-state index contributed by atoms with van der Waals surface area (Å²) in [5.74, 6) is 0.835. The van der Waals surface area contributed by atoms with Crippen molar-refractivity contribution in [3.63, 3.8) is 0 Å². The fraction of sp³-hybridized carbons (Fsp3) is 0.762. The predicted molar refractivity (Wildman–Crippen MR) is 118 cm³/mol. The van der Waals surface area contributed by atoms with Crippen LogP contribution in [0.3, 0.4) is 0 Å². The Hall–Kier alpha value is -2.29. The molecule has 1 aliphatic heterocycles. The molecule has 2 rings (SSSR count). The maximum absolute atomic E-state index is 12.2. The Kier molecular flexibility index (Phi) is 8.95. The van der Waals surface area contributed by atoms with Gasteiger partial charge in [-0.25, -0.2) is 4.79 Å². The molecule has 0 bridgehead atoms. The lowest BCUT2D eigenvalue weighted by Crippen LogP contribution is -2.49. The first kappa shape index (κ1) is 24.0. The summed E-state index contributed by atoms with van der Waals surface area (Å²) in [7, 11) is 1.90. The van der Waals surface area contributed by atoms with Crippen molar-refractivity contribution in [1.29, 1.82) is 0 Å². The summed E-state index contributed by atoms with van der Waals surface area (Å²) in [6, 6.07) is -0.0753. The highest BCUT2D eigenvalue weighted by molar-refractivity contribution is 5.80. The number of nitrogens with one attached hydrogen (secondary N) is 2. The van der Waals surface area contributed by atoms with E-state index in [9.17, 15) is 4.79 Å². The van der Waals surface area contributed by atoms with Crippen molar-refractivity contribution in [2.45, 2.75) is 65.2 Å². The van der Waals surface area contributed by atoms with Gasteiger partial charge in [-0.3, -0.25) is 9.67 Å². The number of ether oxygens (including phenoxy) is 2. The van der Waals surface area contributed by atoms with E-state index in [0.29, 0.717) is 19.7 Å². The van der Waals surface area contributed by atoms with Crippen molar-refractivity contribution in [3.05, 3.63) is 18.0 Å². The van der Waals surface area contributed by atoms with Gasteiger partial charge in [-0.1, -0.05) is 13.3 Å². The maximum Gasteiger partial charge on any atom is 0.407 e. The molecular formula is C21H38N6O3. The van der Waals surface area contributed by atoms with Crippen LogP contribution >= 0.6 is 0 Å². The molecule has 0 spiro atoms. The number of alkyl carbamates (subject to hydrolysis) is 1. The first-order valence-electron chi connectivity index (χ1n) is 10.8. The van der Waals surface area contributed by atoms with Crippen LogP contribution in [0, 0.1) is 0 Å². The predicted octanol–water partition coefficient (Wildman–Crippen LogP) is 2.45. The minimum atomic E-state index is -0.520. The van der Waals surface area contributed by atoms with Crippen molar-refractivity contribution in [1.82, 2.24) is 25.3 Å². The second-order valence-electron chi connectivity index (χ2n) is 8.58. The number of aryl methyl sites for hydroxylation is 1. The summed E-state index contributed by atoms with van der Waals surface area (Å²) in [6.45, 7) is 13.1. The van der Waals surface area contributed by atoms with Gasteiger partial charge in [-0.05, 0) is 34.1 Å². The van der Waals surface area contributed by atoms with E-state index >= 15 is 0 Å². The van der Waals surface area contributed by atoms with E-state index in [0.717, 1.165) is 37.5 Å². The molecule has 0 saturated carbocycles. The van der Waals surface area contributed by atoms with Gasteiger partial charge in [0.05, 0.1) is 31.9 Å². The van der Waals surface area contributed by atoms with Gasteiger partial charge >= 0.3 is 6.09 Å². The van der Waals surface area contributed by atoms with Crippen LogP contribution in [0.5, 0.6) is 0 Å². The zero-order chi connectivity index (χ0) is 22.1. The molecule has 1 aliphatic rings. The summed E-state index contributed by atoms with van der Waals surface area (Å²) in [4.78, 5) is 19.2. The fourth-order valence-corrected chi connectivity index (χ4v) is 3.30. The average molecular weight is 423 g/mol. The van der Waals surface area contributed by atoms with Gasteiger partial charge in [0.2, 0.25) is 0 Å². The van der Waals surface area contributed by atoms with E-state index in [1.807, 2.05) is 40.2 Å². The molecule has 2 N–H and O–H groups in total. The Morgan fingerprint density at radius 3 is 2.80 bits per heavy atom. The lowest BCUT2D eigenvalue weighted by atomic mass is 10.1. The number of carbonyl (C=O) groups excluding carboxylic acids is 1. The highest BCUT2D eigenvalue weighted by atomic mass is 16.6. The molecule has 2 atom stereocenters. The first-order valence-corrected chi connectivity index (χ1v) is 10.8. The summed E-state index contributed by atoms with van der Waals surface area (Å²) < 4.78 is 13.1. The van der Waals surface area contributed by atoms with Crippen LogP contribution in [0.2, 0.25) is 0 Å². The SMILES string of the molecule is CCCC(CN=C(NCC)N1CCOC(c2cnn(C)c2)C1)NC(=O)OC(C)(C)C. The van der Waals surface area contributed by atoms with Gasteiger partial charge in [0.15, 0.2) is 5.96 Å².